The van der Waals surface area contributed by atoms with Crippen LogP contribution in [0.2, 0.25) is 0 Å². The molecule has 0 aliphatic heterocycles. The summed E-state index contributed by atoms with van der Waals surface area (Å²) in [5.41, 5.74) is 6.85. The van der Waals surface area contributed by atoms with Crippen molar-refractivity contribution in [2.24, 2.45) is 0 Å². The molecule has 1 aromatic carbocycles. The second-order valence-electron chi connectivity index (χ2n) is 4.05. The molecule has 2 rings (SSSR count). The molecule has 0 aliphatic rings. The molecule has 8 nitrogen and oxygen atoms in total. The first-order valence-electron chi connectivity index (χ1n) is 5.64. The van der Waals surface area contributed by atoms with E-state index in [9.17, 15) is 10.1 Å². The van der Waals surface area contributed by atoms with E-state index in [2.05, 4.69) is 26.8 Å². The standard InChI is InChI=1S/C12H12N6O2/c1-7(2)10-15-11(13)17-12(16-10)14-8-3-5-9(6-4-8)18(19)20/h3-6H,1H2,2H3,(H3,13,14,15,16,17). The van der Waals surface area contributed by atoms with Crippen molar-refractivity contribution in [3.8, 4) is 0 Å². The zero-order valence-electron chi connectivity index (χ0n) is 10.7. The van der Waals surface area contributed by atoms with Gasteiger partial charge in [0.15, 0.2) is 5.82 Å². The fraction of sp³-hybridized carbons (Fsp3) is 0.0833. The third-order valence-corrected chi connectivity index (χ3v) is 2.37. The third kappa shape index (κ3) is 3.05. The first kappa shape index (κ1) is 13.4. The summed E-state index contributed by atoms with van der Waals surface area (Å²) in [6, 6.07) is 5.87. The molecule has 20 heavy (non-hydrogen) atoms. The van der Waals surface area contributed by atoms with Crippen LogP contribution in [0.15, 0.2) is 30.8 Å². The maximum atomic E-state index is 10.6. The Morgan fingerprint density at radius 3 is 2.50 bits per heavy atom. The van der Waals surface area contributed by atoms with Gasteiger partial charge in [-0.05, 0) is 24.6 Å². The summed E-state index contributed by atoms with van der Waals surface area (Å²) in [5.74, 6) is 0.716. The number of non-ortho nitro benzene ring substituents is 1. The maximum absolute atomic E-state index is 10.6. The van der Waals surface area contributed by atoms with E-state index in [0.29, 0.717) is 17.1 Å². The van der Waals surface area contributed by atoms with Crippen LogP contribution in [0.25, 0.3) is 5.57 Å². The van der Waals surface area contributed by atoms with Gasteiger partial charge in [-0.1, -0.05) is 6.58 Å². The lowest BCUT2D eigenvalue weighted by molar-refractivity contribution is -0.384. The molecule has 0 saturated carbocycles. The van der Waals surface area contributed by atoms with Crippen LogP contribution in [0.5, 0.6) is 0 Å². The topological polar surface area (TPSA) is 120 Å². The zero-order chi connectivity index (χ0) is 14.7. The fourth-order valence-corrected chi connectivity index (χ4v) is 1.43. The Morgan fingerprint density at radius 2 is 1.95 bits per heavy atom. The quantitative estimate of drug-likeness (QED) is 0.646. The number of nitro groups is 1. The molecular formula is C12H12N6O2. The summed E-state index contributed by atoms with van der Waals surface area (Å²) < 4.78 is 0. The van der Waals surface area contributed by atoms with Crippen molar-refractivity contribution in [1.29, 1.82) is 0 Å². The van der Waals surface area contributed by atoms with Gasteiger partial charge in [-0.2, -0.15) is 15.0 Å². The molecule has 0 bridgehead atoms. The van der Waals surface area contributed by atoms with Gasteiger partial charge in [0.1, 0.15) is 0 Å². The molecule has 0 aliphatic carbocycles. The van der Waals surface area contributed by atoms with Gasteiger partial charge in [0.2, 0.25) is 11.9 Å². The van der Waals surface area contributed by atoms with E-state index in [1.165, 1.54) is 12.1 Å². The number of aromatic nitrogens is 3. The minimum absolute atomic E-state index is 0.00772. The Labute approximate surface area is 114 Å². The summed E-state index contributed by atoms with van der Waals surface area (Å²) in [6.45, 7) is 5.49. The normalized spacial score (nSPS) is 10.1. The minimum atomic E-state index is -0.468. The number of hydrogen-bond donors (Lipinski definition) is 2. The van der Waals surface area contributed by atoms with E-state index in [1.807, 2.05) is 0 Å². The summed E-state index contributed by atoms with van der Waals surface area (Å²) in [6.07, 6.45) is 0. The van der Waals surface area contributed by atoms with Crippen molar-refractivity contribution in [2.75, 3.05) is 11.1 Å². The Bertz CT molecular complexity index is 668. The molecule has 1 aromatic heterocycles. The molecular weight excluding hydrogens is 260 g/mol. The van der Waals surface area contributed by atoms with Crippen LogP contribution >= 0.6 is 0 Å². The number of nitrogens with one attached hydrogen (secondary N) is 1. The number of nitrogens with zero attached hydrogens (tertiary/aromatic N) is 4. The van der Waals surface area contributed by atoms with Crippen molar-refractivity contribution in [3.63, 3.8) is 0 Å². The lowest BCUT2D eigenvalue weighted by atomic mass is 10.3. The summed E-state index contributed by atoms with van der Waals surface area (Å²) in [4.78, 5) is 22.1. The van der Waals surface area contributed by atoms with Crippen LogP contribution in [0.3, 0.4) is 0 Å². The third-order valence-electron chi connectivity index (χ3n) is 2.37. The Morgan fingerprint density at radius 1 is 1.30 bits per heavy atom. The average molecular weight is 272 g/mol. The molecule has 102 valence electrons. The molecule has 8 heteroatoms. The molecule has 0 radical (unpaired) electrons. The van der Waals surface area contributed by atoms with E-state index >= 15 is 0 Å². The van der Waals surface area contributed by atoms with Gasteiger partial charge in [0, 0.05) is 17.8 Å². The number of hydrogen-bond acceptors (Lipinski definition) is 7. The van der Waals surface area contributed by atoms with Gasteiger partial charge in [-0.25, -0.2) is 0 Å². The van der Waals surface area contributed by atoms with Gasteiger partial charge >= 0.3 is 0 Å². The van der Waals surface area contributed by atoms with Gasteiger partial charge in [-0.15, -0.1) is 0 Å². The van der Waals surface area contributed by atoms with Crippen LogP contribution in [-0.2, 0) is 0 Å². The Balaban J connectivity index is 2.25. The maximum Gasteiger partial charge on any atom is 0.269 e. The molecule has 2 aromatic rings. The highest BCUT2D eigenvalue weighted by molar-refractivity contribution is 5.60. The zero-order valence-corrected chi connectivity index (χ0v) is 10.7. The SMILES string of the molecule is C=C(C)c1nc(N)nc(Nc2ccc([N+](=O)[O-])cc2)n1. The predicted molar refractivity (Wildman–Crippen MR) is 75.3 cm³/mol. The van der Waals surface area contributed by atoms with E-state index in [-0.39, 0.29) is 17.6 Å². The van der Waals surface area contributed by atoms with Crippen molar-refractivity contribution in [3.05, 3.63) is 46.8 Å². The second kappa shape index (κ2) is 5.31. The summed E-state index contributed by atoms with van der Waals surface area (Å²) >= 11 is 0. The monoisotopic (exact) mass is 272 g/mol. The molecule has 0 atom stereocenters. The van der Waals surface area contributed by atoms with Crippen LogP contribution in [0.4, 0.5) is 23.3 Å². The van der Waals surface area contributed by atoms with Crippen molar-refractivity contribution >= 4 is 28.8 Å². The van der Waals surface area contributed by atoms with Gasteiger partial charge in [0.05, 0.1) is 4.92 Å². The molecule has 1 heterocycles. The van der Waals surface area contributed by atoms with Crippen LogP contribution in [0.1, 0.15) is 12.7 Å². The fourth-order valence-electron chi connectivity index (χ4n) is 1.43. The van der Waals surface area contributed by atoms with Gasteiger partial charge in [-0.3, -0.25) is 10.1 Å². The number of nitrogens with two attached hydrogens (primary N) is 1. The smallest absolute Gasteiger partial charge is 0.269 e. The molecule has 0 fully saturated rings. The number of nitro benzene ring substituents is 1. The highest BCUT2D eigenvalue weighted by atomic mass is 16.6. The molecule has 0 saturated heterocycles. The second-order valence-corrected chi connectivity index (χ2v) is 4.05. The first-order chi connectivity index (χ1) is 9.45. The van der Waals surface area contributed by atoms with Crippen LogP contribution in [0, 0.1) is 10.1 Å². The van der Waals surface area contributed by atoms with E-state index in [0.717, 1.165) is 0 Å². The lowest BCUT2D eigenvalue weighted by Gasteiger charge is -2.06. The van der Waals surface area contributed by atoms with Crippen molar-refractivity contribution < 1.29 is 4.92 Å². The average Bonchev–Trinajstić information content (AvgIpc) is 2.38. The molecule has 3 N–H and O–H groups in total. The van der Waals surface area contributed by atoms with E-state index < -0.39 is 4.92 Å². The van der Waals surface area contributed by atoms with Gasteiger partial charge in [0.25, 0.3) is 5.69 Å². The van der Waals surface area contributed by atoms with E-state index in [1.54, 1.807) is 19.1 Å². The molecule has 0 spiro atoms. The molecule has 0 unspecified atom stereocenters. The molecule has 0 amide bonds. The van der Waals surface area contributed by atoms with E-state index in [4.69, 9.17) is 5.73 Å². The van der Waals surface area contributed by atoms with Crippen LogP contribution in [-0.4, -0.2) is 19.9 Å². The number of anilines is 3. The van der Waals surface area contributed by atoms with Crippen LogP contribution < -0.4 is 11.1 Å². The summed E-state index contributed by atoms with van der Waals surface area (Å²) in [7, 11) is 0. The highest BCUT2D eigenvalue weighted by Crippen LogP contribution is 2.19. The largest absolute Gasteiger partial charge is 0.368 e. The first-order valence-corrected chi connectivity index (χ1v) is 5.64. The number of benzene rings is 1. The Kier molecular flexibility index (Phi) is 3.56. The predicted octanol–water partition coefficient (Wildman–Crippen LogP) is 2.14. The minimum Gasteiger partial charge on any atom is -0.368 e. The lowest BCUT2D eigenvalue weighted by Crippen LogP contribution is -2.06. The van der Waals surface area contributed by atoms with Crippen molar-refractivity contribution in [2.45, 2.75) is 6.92 Å². The Hall–Kier alpha value is -3.03. The number of allylic oxidation sites excluding steroid dienone is 1. The number of nitrogen functional groups attached to an aromatic ring is 1. The number of rotatable bonds is 4. The van der Waals surface area contributed by atoms with Gasteiger partial charge < -0.3 is 11.1 Å². The highest BCUT2D eigenvalue weighted by Gasteiger charge is 2.07. The van der Waals surface area contributed by atoms with Crippen molar-refractivity contribution in [1.82, 2.24) is 15.0 Å². The summed E-state index contributed by atoms with van der Waals surface area (Å²) in [5, 5.41) is 13.5.